The maximum atomic E-state index is 11.9. The van der Waals surface area contributed by atoms with Crippen LogP contribution in [0.3, 0.4) is 0 Å². The van der Waals surface area contributed by atoms with Gasteiger partial charge in [0.15, 0.2) is 0 Å². The van der Waals surface area contributed by atoms with Crippen molar-refractivity contribution in [2.45, 2.75) is 6.92 Å². The Kier molecular flexibility index (Phi) is 4.09. The Hall–Kier alpha value is -1.25. The molecule has 1 rings (SSSR count). The molecular weight excluding hydrogens is 169 g/mol. The molecule has 1 aromatic rings. The van der Waals surface area contributed by atoms with E-state index in [4.69, 9.17) is 4.74 Å². The first kappa shape index (κ1) is 9.84. The minimum Gasteiger partial charge on any atom is -0.492 e. The van der Waals surface area contributed by atoms with Crippen LogP contribution in [0.25, 0.3) is 0 Å². The van der Waals surface area contributed by atoms with E-state index in [1.807, 2.05) is 31.2 Å². The largest absolute Gasteiger partial charge is 0.492 e. The molecule has 0 bridgehead atoms. The standard InChI is InChI=1S/C10H14FNO/c1-2-13-10-6-4-3-5-9(10)12-8-7-11/h3-6,12H,2,7-8H2,1H3. The van der Waals surface area contributed by atoms with Crippen molar-refractivity contribution in [1.29, 1.82) is 0 Å². The lowest BCUT2D eigenvalue weighted by Crippen LogP contribution is -2.05. The van der Waals surface area contributed by atoms with E-state index in [1.54, 1.807) is 0 Å². The Morgan fingerprint density at radius 2 is 2.15 bits per heavy atom. The average molecular weight is 183 g/mol. The zero-order chi connectivity index (χ0) is 9.52. The number of para-hydroxylation sites is 2. The molecular formula is C10H14FNO. The van der Waals surface area contributed by atoms with Crippen molar-refractivity contribution < 1.29 is 9.13 Å². The van der Waals surface area contributed by atoms with Crippen LogP contribution < -0.4 is 10.1 Å². The first-order valence-corrected chi connectivity index (χ1v) is 4.40. The highest BCUT2D eigenvalue weighted by atomic mass is 19.1. The van der Waals surface area contributed by atoms with Gasteiger partial charge in [0.1, 0.15) is 12.4 Å². The van der Waals surface area contributed by atoms with Crippen molar-refractivity contribution >= 4 is 5.69 Å². The number of ether oxygens (including phenoxy) is 1. The van der Waals surface area contributed by atoms with Gasteiger partial charge in [-0.25, -0.2) is 4.39 Å². The highest BCUT2D eigenvalue weighted by Crippen LogP contribution is 2.23. The van der Waals surface area contributed by atoms with E-state index in [2.05, 4.69) is 5.32 Å². The average Bonchev–Trinajstić information content (AvgIpc) is 2.17. The van der Waals surface area contributed by atoms with Crippen LogP contribution in [0.2, 0.25) is 0 Å². The maximum absolute atomic E-state index is 11.9. The Morgan fingerprint density at radius 3 is 2.85 bits per heavy atom. The lowest BCUT2D eigenvalue weighted by Gasteiger charge is -2.10. The Balaban J connectivity index is 2.66. The Morgan fingerprint density at radius 1 is 1.38 bits per heavy atom. The first-order valence-electron chi connectivity index (χ1n) is 4.40. The molecule has 0 fully saturated rings. The van der Waals surface area contributed by atoms with E-state index in [0.29, 0.717) is 13.2 Å². The molecule has 0 aliphatic rings. The van der Waals surface area contributed by atoms with E-state index in [1.165, 1.54) is 0 Å². The summed E-state index contributed by atoms with van der Waals surface area (Å²) in [5.41, 5.74) is 0.849. The SMILES string of the molecule is CCOc1ccccc1NCCF. The number of hydrogen-bond donors (Lipinski definition) is 1. The zero-order valence-electron chi connectivity index (χ0n) is 7.72. The zero-order valence-corrected chi connectivity index (χ0v) is 7.72. The van der Waals surface area contributed by atoms with Crippen LogP contribution in [-0.4, -0.2) is 19.8 Å². The van der Waals surface area contributed by atoms with Gasteiger partial charge in [-0.3, -0.25) is 0 Å². The minimum absolute atomic E-state index is 0.323. The van der Waals surface area contributed by atoms with E-state index in [9.17, 15) is 4.39 Å². The number of nitrogens with one attached hydrogen (secondary N) is 1. The molecule has 1 N–H and O–H groups in total. The highest BCUT2D eigenvalue weighted by molar-refractivity contribution is 5.56. The van der Waals surface area contributed by atoms with Gasteiger partial charge in [0.25, 0.3) is 0 Å². The predicted octanol–water partition coefficient (Wildman–Crippen LogP) is 2.47. The highest BCUT2D eigenvalue weighted by Gasteiger charge is 1.99. The summed E-state index contributed by atoms with van der Waals surface area (Å²) >= 11 is 0. The summed E-state index contributed by atoms with van der Waals surface area (Å²) in [7, 11) is 0. The van der Waals surface area contributed by atoms with Crippen molar-refractivity contribution in [3.8, 4) is 5.75 Å². The molecule has 72 valence electrons. The second-order valence-electron chi connectivity index (χ2n) is 2.54. The third-order valence-corrected chi connectivity index (χ3v) is 1.60. The third kappa shape index (κ3) is 2.93. The van der Waals surface area contributed by atoms with Crippen molar-refractivity contribution in [3.63, 3.8) is 0 Å². The van der Waals surface area contributed by atoms with E-state index in [-0.39, 0.29) is 6.67 Å². The normalized spacial score (nSPS) is 9.69. The molecule has 0 heterocycles. The van der Waals surface area contributed by atoms with Crippen LogP contribution in [0.5, 0.6) is 5.75 Å². The van der Waals surface area contributed by atoms with Gasteiger partial charge in [-0.05, 0) is 19.1 Å². The number of hydrogen-bond acceptors (Lipinski definition) is 2. The van der Waals surface area contributed by atoms with E-state index >= 15 is 0 Å². The molecule has 0 atom stereocenters. The summed E-state index contributed by atoms with van der Waals surface area (Å²) < 4.78 is 17.2. The summed E-state index contributed by atoms with van der Waals surface area (Å²) in [6, 6.07) is 7.53. The molecule has 13 heavy (non-hydrogen) atoms. The second-order valence-corrected chi connectivity index (χ2v) is 2.54. The molecule has 0 saturated heterocycles. The molecule has 2 nitrogen and oxygen atoms in total. The van der Waals surface area contributed by atoms with Crippen LogP contribution in [0.15, 0.2) is 24.3 Å². The van der Waals surface area contributed by atoms with Gasteiger partial charge in [-0.2, -0.15) is 0 Å². The van der Waals surface area contributed by atoms with Crippen molar-refractivity contribution in [1.82, 2.24) is 0 Å². The van der Waals surface area contributed by atoms with Gasteiger partial charge in [0.05, 0.1) is 12.3 Å². The number of benzene rings is 1. The fourth-order valence-electron chi connectivity index (χ4n) is 1.08. The predicted molar refractivity (Wildman–Crippen MR) is 52.1 cm³/mol. The fourth-order valence-corrected chi connectivity index (χ4v) is 1.08. The lowest BCUT2D eigenvalue weighted by atomic mass is 10.3. The molecule has 0 radical (unpaired) electrons. The summed E-state index contributed by atoms with van der Waals surface area (Å²) in [4.78, 5) is 0. The molecule has 0 aromatic heterocycles. The van der Waals surface area contributed by atoms with Crippen molar-refractivity contribution in [2.24, 2.45) is 0 Å². The molecule has 1 aromatic carbocycles. The van der Waals surface area contributed by atoms with Crippen LogP contribution >= 0.6 is 0 Å². The first-order chi connectivity index (χ1) is 6.38. The smallest absolute Gasteiger partial charge is 0.142 e. The van der Waals surface area contributed by atoms with Gasteiger partial charge in [0, 0.05) is 6.54 Å². The molecule has 0 aliphatic carbocycles. The minimum atomic E-state index is -0.375. The molecule has 0 saturated carbocycles. The van der Waals surface area contributed by atoms with Gasteiger partial charge in [-0.15, -0.1) is 0 Å². The summed E-state index contributed by atoms with van der Waals surface area (Å²) in [5.74, 6) is 0.776. The van der Waals surface area contributed by atoms with Gasteiger partial charge in [-0.1, -0.05) is 12.1 Å². The second kappa shape index (κ2) is 5.41. The number of rotatable bonds is 5. The fraction of sp³-hybridized carbons (Fsp3) is 0.400. The topological polar surface area (TPSA) is 21.3 Å². The molecule has 0 spiro atoms. The summed E-state index contributed by atoms with van der Waals surface area (Å²) in [6.45, 7) is 2.49. The van der Waals surface area contributed by atoms with Crippen molar-refractivity contribution in [2.75, 3.05) is 25.1 Å². The van der Waals surface area contributed by atoms with E-state index < -0.39 is 0 Å². The lowest BCUT2D eigenvalue weighted by molar-refractivity contribution is 0.341. The van der Waals surface area contributed by atoms with Gasteiger partial charge < -0.3 is 10.1 Å². The monoisotopic (exact) mass is 183 g/mol. The summed E-state index contributed by atoms with van der Waals surface area (Å²) in [5, 5.41) is 2.95. The molecule has 0 unspecified atom stereocenters. The Bertz CT molecular complexity index is 252. The third-order valence-electron chi connectivity index (χ3n) is 1.60. The molecule has 3 heteroatoms. The molecule has 0 amide bonds. The number of anilines is 1. The van der Waals surface area contributed by atoms with Crippen LogP contribution in [0, 0.1) is 0 Å². The number of alkyl halides is 1. The van der Waals surface area contributed by atoms with Gasteiger partial charge >= 0.3 is 0 Å². The quantitative estimate of drug-likeness (QED) is 0.757. The number of halogens is 1. The summed E-state index contributed by atoms with van der Waals surface area (Å²) in [6.07, 6.45) is 0. The van der Waals surface area contributed by atoms with Crippen LogP contribution in [0.4, 0.5) is 10.1 Å². The van der Waals surface area contributed by atoms with Gasteiger partial charge in [0.2, 0.25) is 0 Å². The van der Waals surface area contributed by atoms with Crippen molar-refractivity contribution in [3.05, 3.63) is 24.3 Å². The van der Waals surface area contributed by atoms with Crippen LogP contribution in [-0.2, 0) is 0 Å². The van der Waals surface area contributed by atoms with E-state index in [0.717, 1.165) is 11.4 Å². The Labute approximate surface area is 77.7 Å². The van der Waals surface area contributed by atoms with Crippen LogP contribution in [0.1, 0.15) is 6.92 Å². The maximum Gasteiger partial charge on any atom is 0.142 e. The molecule has 0 aliphatic heterocycles.